The highest BCUT2D eigenvalue weighted by atomic mass is 19.1. The van der Waals surface area contributed by atoms with E-state index in [9.17, 15) is 13.9 Å². The highest BCUT2D eigenvalue weighted by Crippen LogP contribution is 2.34. The van der Waals surface area contributed by atoms with E-state index in [0.717, 1.165) is 12.1 Å². The lowest BCUT2D eigenvalue weighted by Gasteiger charge is -2.29. The largest absolute Gasteiger partial charge is 0.486 e. The molecule has 0 bridgehead atoms. The van der Waals surface area contributed by atoms with E-state index in [-0.39, 0.29) is 12.2 Å². The fourth-order valence-corrected chi connectivity index (χ4v) is 2.13. The fourth-order valence-electron chi connectivity index (χ4n) is 2.13. The zero-order valence-corrected chi connectivity index (χ0v) is 10.4. The summed E-state index contributed by atoms with van der Waals surface area (Å²) in [4.78, 5) is 0. The molecule has 0 saturated heterocycles. The molecule has 2 aromatic carbocycles. The maximum Gasteiger partial charge on any atom is 0.163 e. The van der Waals surface area contributed by atoms with Crippen LogP contribution in [0.1, 0.15) is 11.7 Å². The lowest BCUT2D eigenvalue weighted by atomic mass is 10.0. The summed E-state index contributed by atoms with van der Waals surface area (Å²) in [5.74, 6) is -0.426. The SMILES string of the molecule is OC(c1ccc(F)cc1F)C1COc2ccccc2O1. The van der Waals surface area contributed by atoms with Crippen LogP contribution in [-0.4, -0.2) is 17.8 Å². The number of hydrogen-bond acceptors (Lipinski definition) is 3. The smallest absolute Gasteiger partial charge is 0.163 e. The molecule has 2 unspecified atom stereocenters. The molecule has 1 aliphatic rings. The molecule has 0 saturated carbocycles. The van der Waals surface area contributed by atoms with Gasteiger partial charge in [-0.2, -0.15) is 0 Å². The van der Waals surface area contributed by atoms with Crippen molar-refractivity contribution in [2.75, 3.05) is 6.61 Å². The topological polar surface area (TPSA) is 38.7 Å². The minimum atomic E-state index is -1.23. The van der Waals surface area contributed by atoms with Crippen LogP contribution in [0.15, 0.2) is 42.5 Å². The Morgan fingerprint density at radius 2 is 1.85 bits per heavy atom. The van der Waals surface area contributed by atoms with Gasteiger partial charge in [-0.3, -0.25) is 0 Å². The van der Waals surface area contributed by atoms with Gasteiger partial charge in [0, 0.05) is 11.6 Å². The van der Waals surface area contributed by atoms with Crippen LogP contribution >= 0.6 is 0 Å². The van der Waals surface area contributed by atoms with Crippen LogP contribution in [0.2, 0.25) is 0 Å². The summed E-state index contributed by atoms with van der Waals surface area (Å²) >= 11 is 0. The number of hydrogen-bond donors (Lipinski definition) is 1. The molecule has 3 rings (SSSR count). The Morgan fingerprint density at radius 3 is 2.60 bits per heavy atom. The molecule has 0 fully saturated rings. The summed E-state index contributed by atoms with van der Waals surface area (Å²) in [5, 5.41) is 10.2. The van der Waals surface area contributed by atoms with Gasteiger partial charge in [-0.25, -0.2) is 8.78 Å². The molecule has 5 heteroatoms. The van der Waals surface area contributed by atoms with E-state index in [1.165, 1.54) is 6.07 Å². The Hall–Kier alpha value is -2.14. The van der Waals surface area contributed by atoms with E-state index in [2.05, 4.69) is 0 Å². The molecule has 0 radical (unpaired) electrons. The van der Waals surface area contributed by atoms with Crippen LogP contribution in [0.25, 0.3) is 0 Å². The number of aliphatic hydroxyl groups is 1. The molecule has 1 heterocycles. The standard InChI is InChI=1S/C15H12F2O3/c16-9-5-6-10(11(17)7-9)15(18)14-8-19-12-3-1-2-4-13(12)20-14/h1-7,14-15,18H,8H2. The molecule has 1 aliphatic heterocycles. The average molecular weight is 278 g/mol. The zero-order chi connectivity index (χ0) is 14.1. The summed E-state index contributed by atoms with van der Waals surface area (Å²) in [6.45, 7) is 0.0923. The van der Waals surface area contributed by atoms with Crippen LogP contribution in [0, 0.1) is 11.6 Å². The van der Waals surface area contributed by atoms with Crippen LogP contribution in [0.3, 0.4) is 0 Å². The molecule has 2 aromatic rings. The van der Waals surface area contributed by atoms with Crippen molar-refractivity contribution in [2.45, 2.75) is 12.2 Å². The quantitative estimate of drug-likeness (QED) is 0.918. The molecular formula is C15H12F2O3. The summed E-state index contributed by atoms with van der Waals surface area (Å²) in [5.41, 5.74) is -0.0145. The Kier molecular flexibility index (Phi) is 3.28. The van der Waals surface area contributed by atoms with E-state index in [4.69, 9.17) is 9.47 Å². The Morgan fingerprint density at radius 1 is 1.10 bits per heavy atom. The van der Waals surface area contributed by atoms with Crippen molar-refractivity contribution in [3.05, 3.63) is 59.7 Å². The van der Waals surface area contributed by atoms with E-state index < -0.39 is 23.8 Å². The third-order valence-electron chi connectivity index (χ3n) is 3.16. The number of halogens is 2. The predicted octanol–water partition coefficient (Wildman–Crippen LogP) is 2.84. The molecule has 3 nitrogen and oxygen atoms in total. The summed E-state index contributed by atoms with van der Waals surface area (Å²) in [7, 11) is 0. The summed E-state index contributed by atoms with van der Waals surface area (Å²) in [6, 6.07) is 10.1. The number of rotatable bonds is 2. The van der Waals surface area contributed by atoms with Gasteiger partial charge in [-0.15, -0.1) is 0 Å². The van der Waals surface area contributed by atoms with Crippen LogP contribution in [0.5, 0.6) is 11.5 Å². The zero-order valence-electron chi connectivity index (χ0n) is 10.4. The van der Waals surface area contributed by atoms with Crippen LogP contribution in [0.4, 0.5) is 8.78 Å². The van der Waals surface area contributed by atoms with Crippen molar-refractivity contribution < 1.29 is 23.4 Å². The molecular weight excluding hydrogens is 266 g/mol. The lowest BCUT2D eigenvalue weighted by Crippen LogP contribution is -2.35. The van der Waals surface area contributed by atoms with Gasteiger partial charge in [0.1, 0.15) is 24.3 Å². The molecule has 20 heavy (non-hydrogen) atoms. The van der Waals surface area contributed by atoms with E-state index >= 15 is 0 Å². The van der Waals surface area contributed by atoms with Crippen molar-refractivity contribution >= 4 is 0 Å². The Bertz CT molecular complexity index is 630. The summed E-state index contributed by atoms with van der Waals surface area (Å²) in [6.07, 6.45) is -1.98. The number of aliphatic hydroxyl groups excluding tert-OH is 1. The van der Waals surface area contributed by atoms with E-state index in [0.29, 0.717) is 11.5 Å². The third kappa shape index (κ3) is 2.32. The molecule has 1 N–H and O–H groups in total. The van der Waals surface area contributed by atoms with Crippen molar-refractivity contribution in [3.63, 3.8) is 0 Å². The minimum absolute atomic E-state index is 0.0145. The molecule has 0 aliphatic carbocycles. The highest BCUT2D eigenvalue weighted by Gasteiger charge is 2.30. The van der Waals surface area contributed by atoms with Gasteiger partial charge >= 0.3 is 0 Å². The highest BCUT2D eigenvalue weighted by molar-refractivity contribution is 5.41. The molecule has 2 atom stereocenters. The first-order valence-corrected chi connectivity index (χ1v) is 6.16. The first-order chi connectivity index (χ1) is 9.65. The molecule has 104 valence electrons. The lowest BCUT2D eigenvalue weighted by molar-refractivity contribution is -0.0128. The minimum Gasteiger partial charge on any atom is -0.486 e. The van der Waals surface area contributed by atoms with Crippen molar-refractivity contribution in [2.24, 2.45) is 0 Å². The number of ether oxygens (including phenoxy) is 2. The Balaban J connectivity index is 1.84. The maximum atomic E-state index is 13.7. The van der Waals surface area contributed by atoms with Gasteiger partial charge in [0.15, 0.2) is 17.6 Å². The average Bonchev–Trinajstić information content (AvgIpc) is 2.46. The van der Waals surface area contributed by atoms with Gasteiger partial charge in [-0.05, 0) is 18.2 Å². The summed E-state index contributed by atoms with van der Waals surface area (Å²) < 4.78 is 37.6. The van der Waals surface area contributed by atoms with Gasteiger partial charge in [-0.1, -0.05) is 18.2 Å². The number of para-hydroxylation sites is 2. The van der Waals surface area contributed by atoms with Gasteiger partial charge in [0.25, 0.3) is 0 Å². The van der Waals surface area contributed by atoms with Gasteiger partial charge in [0.05, 0.1) is 0 Å². The van der Waals surface area contributed by atoms with Gasteiger partial charge in [0.2, 0.25) is 0 Å². The predicted molar refractivity (Wildman–Crippen MR) is 67.7 cm³/mol. The molecule has 0 amide bonds. The number of benzene rings is 2. The monoisotopic (exact) mass is 278 g/mol. The fraction of sp³-hybridized carbons (Fsp3) is 0.200. The second kappa shape index (κ2) is 5.09. The molecule has 0 aromatic heterocycles. The first-order valence-electron chi connectivity index (χ1n) is 6.16. The maximum absolute atomic E-state index is 13.7. The van der Waals surface area contributed by atoms with Crippen molar-refractivity contribution in [1.29, 1.82) is 0 Å². The van der Waals surface area contributed by atoms with E-state index in [1.54, 1.807) is 24.3 Å². The van der Waals surface area contributed by atoms with Crippen molar-refractivity contribution in [3.8, 4) is 11.5 Å². The second-order valence-electron chi connectivity index (χ2n) is 4.52. The third-order valence-corrected chi connectivity index (χ3v) is 3.16. The Labute approximate surface area is 114 Å². The first kappa shape index (κ1) is 12.9. The van der Waals surface area contributed by atoms with Crippen LogP contribution < -0.4 is 9.47 Å². The number of fused-ring (bicyclic) bond motifs is 1. The molecule has 0 spiro atoms. The second-order valence-corrected chi connectivity index (χ2v) is 4.52. The van der Waals surface area contributed by atoms with Gasteiger partial charge < -0.3 is 14.6 Å². The van der Waals surface area contributed by atoms with Crippen LogP contribution in [-0.2, 0) is 0 Å². The van der Waals surface area contributed by atoms with E-state index in [1.807, 2.05) is 0 Å². The normalized spacial score (nSPS) is 18.6. The van der Waals surface area contributed by atoms with Crippen molar-refractivity contribution in [1.82, 2.24) is 0 Å².